The molecule has 0 amide bonds. The average molecular weight is 316 g/mol. The van der Waals surface area contributed by atoms with Gasteiger partial charge in [0.2, 0.25) is 10.0 Å². The molecule has 6 nitrogen and oxygen atoms in total. The number of nitrogens with one attached hydrogen (secondary N) is 1. The molecule has 120 valence electrons. The summed E-state index contributed by atoms with van der Waals surface area (Å²) in [4.78, 5) is 2.32. The van der Waals surface area contributed by atoms with Crippen LogP contribution in [0.4, 0.5) is 0 Å². The van der Waals surface area contributed by atoms with Crippen LogP contribution >= 0.6 is 0 Å². The van der Waals surface area contributed by atoms with Crippen molar-refractivity contribution in [3.63, 3.8) is 0 Å². The normalized spacial score (nSPS) is 11.7. The fourth-order valence-corrected chi connectivity index (χ4v) is 2.98. The standard InChI is InChI=1S/C14H24N2O4S/c1-5-16(6-2)10-9-15-21(17,18)12-7-8-13(19-3)14(11-12)20-4/h7-8,11,15H,5-6,9-10H2,1-4H3. The minimum absolute atomic E-state index is 0.166. The van der Waals surface area contributed by atoms with Crippen LogP contribution in [-0.2, 0) is 10.0 Å². The summed E-state index contributed by atoms with van der Waals surface area (Å²) in [7, 11) is -0.560. The lowest BCUT2D eigenvalue weighted by Gasteiger charge is -2.18. The monoisotopic (exact) mass is 316 g/mol. The van der Waals surface area contributed by atoms with Crippen molar-refractivity contribution in [2.45, 2.75) is 18.7 Å². The van der Waals surface area contributed by atoms with Crippen molar-refractivity contribution in [2.24, 2.45) is 0 Å². The molecule has 1 rings (SSSR count). The number of ether oxygens (including phenoxy) is 2. The van der Waals surface area contributed by atoms with Gasteiger partial charge in [0.25, 0.3) is 0 Å². The van der Waals surface area contributed by atoms with E-state index in [1.165, 1.54) is 26.4 Å². The van der Waals surface area contributed by atoms with Crippen LogP contribution in [0.15, 0.2) is 23.1 Å². The second kappa shape index (κ2) is 8.21. The summed E-state index contributed by atoms with van der Waals surface area (Å²) in [6, 6.07) is 4.54. The number of nitrogens with zero attached hydrogens (tertiary/aromatic N) is 1. The zero-order valence-corrected chi connectivity index (χ0v) is 13.9. The Balaban J connectivity index is 2.78. The van der Waals surface area contributed by atoms with E-state index in [9.17, 15) is 8.42 Å². The molecule has 0 aliphatic carbocycles. The van der Waals surface area contributed by atoms with E-state index in [4.69, 9.17) is 9.47 Å². The molecule has 0 aromatic heterocycles. The van der Waals surface area contributed by atoms with Crippen molar-refractivity contribution >= 4 is 10.0 Å². The number of rotatable bonds is 9. The largest absolute Gasteiger partial charge is 0.493 e. The van der Waals surface area contributed by atoms with E-state index < -0.39 is 10.0 Å². The van der Waals surface area contributed by atoms with Gasteiger partial charge in [0.1, 0.15) is 0 Å². The van der Waals surface area contributed by atoms with Gasteiger partial charge in [0.05, 0.1) is 19.1 Å². The summed E-state index contributed by atoms with van der Waals surface area (Å²) in [5, 5.41) is 0. The molecular weight excluding hydrogens is 292 g/mol. The molecule has 0 radical (unpaired) electrons. The fraction of sp³-hybridized carbons (Fsp3) is 0.571. The third-order valence-electron chi connectivity index (χ3n) is 3.28. The summed E-state index contributed by atoms with van der Waals surface area (Å²) >= 11 is 0. The Kier molecular flexibility index (Phi) is 6.94. The molecule has 7 heteroatoms. The highest BCUT2D eigenvalue weighted by Crippen LogP contribution is 2.29. The number of sulfonamides is 1. The van der Waals surface area contributed by atoms with Crippen molar-refractivity contribution in [1.29, 1.82) is 0 Å². The van der Waals surface area contributed by atoms with Gasteiger partial charge >= 0.3 is 0 Å². The third kappa shape index (κ3) is 4.87. The topological polar surface area (TPSA) is 67.9 Å². The van der Waals surface area contributed by atoms with Crippen molar-refractivity contribution in [2.75, 3.05) is 40.4 Å². The molecule has 0 unspecified atom stereocenters. The van der Waals surface area contributed by atoms with Crippen LogP contribution in [-0.4, -0.2) is 53.7 Å². The maximum Gasteiger partial charge on any atom is 0.240 e. The first-order chi connectivity index (χ1) is 9.98. The first-order valence-corrected chi connectivity index (χ1v) is 8.40. The maximum absolute atomic E-state index is 12.2. The predicted octanol–water partition coefficient (Wildman–Crippen LogP) is 1.32. The van der Waals surface area contributed by atoms with Gasteiger partial charge in [-0.2, -0.15) is 0 Å². The van der Waals surface area contributed by atoms with Crippen LogP contribution in [0.2, 0.25) is 0 Å². The van der Waals surface area contributed by atoms with Gasteiger partial charge in [0, 0.05) is 19.2 Å². The number of benzene rings is 1. The molecule has 0 atom stereocenters. The van der Waals surface area contributed by atoms with Crippen LogP contribution in [0.3, 0.4) is 0 Å². The zero-order valence-electron chi connectivity index (χ0n) is 13.0. The van der Waals surface area contributed by atoms with E-state index in [0.29, 0.717) is 24.6 Å². The number of hydrogen-bond donors (Lipinski definition) is 1. The Bertz CT molecular complexity index is 542. The van der Waals surface area contributed by atoms with E-state index in [1.807, 2.05) is 13.8 Å². The van der Waals surface area contributed by atoms with Gasteiger partial charge in [-0.25, -0.2) is 13.1 Å². The highest BCUT2D eigenvalue weighted by molar-refractivity contribution is 7.89. The second-order valence-electron chi connectivity index (χ2n) is 4.44. The van der Waals surface area contributed by atoms with E-state index in [0.717, 1.165) is 13.1 Å². The molecule has 0 heterocycles. The molecule has 1 aromatic carbocycles. The Morgan fingerprint density at radius 3 is 2.24 bits per heavy atom. The lowest BCUT2D eigenvalue weighted by molar-refractivity contribution is 0.309. The highest BCUT2D eigenvalue weighted by Gasteiger charge is 2.16. The molecule has 0 bridgehead atoms. The van der Waals surface area contributed by atoms with Gasteiger partial charge in [-0.1, -0.05) is 13.8 Å². The molecular formula is C14H24N2O4S. The van der Waals surface area contributed by atoms with Gasteiger partial charge in [-0.05, 0) is 25.2 Å². The van der Waals surface area contributed by atoms with Crippen molar-refractivity contribution in [3.8, 4) is 11.5 Å². The minimum Gasteiger partial charge on any atom is -0.493 e. The van der Waals surface area contributed by atoms with E-state index in [2.05, 4.69) is 9.62 Å². The molecule has 0 saturated heterocycles. The summed E-state index contributed by atoms with van der Waals surface area (Å²) in [6.45, 7) is 6.94. The van der Waals surface area contributed by atoms with Crippen LogP contribution in [0, 0.1) is 0 Å². The quantitative estimate of drug-likeness (QED) is 0.744. The SMILES string of the molecule is CCN(CC)CCNS(=O)(=O)c1ccc(OC)c(OC)c1. The van der Waals surface area contributed by atoms with Gasteiger partial charge in [0.15, 0.2) is 11.5 Å². The smallest absolute Gasteiger partial charge is 0.240 e. The first kappa shape index (κ1) is 17.7. The molecule has 1 aromatic rings. The van der Waals surface area contributed by atoms with Crippen LogP contribution in [0.25, 0.3) is 0 Å². The average Bonchev–Trinajstić information content (AvgIpc) is 2.50. The van der Waals surface area contributed by atoms with Crippen molar-refractivity contribution in [3.05, 3.63) is 18.2 Å². The van der Waals surface area contributed by atoms with Crippen LogP contribution in [0.1, 0.15) is 13.8 Å². The fourth-order valence-electron chi connectivity index (χ4n) is 1.94. The highest BCUT2D eigenvalue weighted by atomic mass is 32.2. The van der Waals surface area contributed by atoms with Crippen molar-refractivity contribution in [1.82, 2.24) is 9.62 Å². The molecule has 21 heavy (non-hydrogen) atoms. The predicted molar refractivity (Wildman–Crippen MR) is 82.5 cm³/mol. The molecule has 0 fully saturated rings. The Hall–Kier alpha value is -1.31. The summed E-state index contributed by atoms with van der Waals surface area (Å²) in [5.74, 6) is 0.892. The first-order valence-electron chi connectivity index (χ1n) is 6.92. The van der Waals surface area contributed by atoms with Crippen LogP contribution < -0.4 is 14.2 Å². The van der Waals surface area contributed by atoms with Crippen molar-refractivity contribution < 1.29 is 17.9 Å². The Morgan fingerprint density at radius 1 is 1.10 bits per heavy atom. The Labute approximate surface area is 127 Å². The summed E-state index contributed by atoms with van der Waals surface area (Å²) < 4.78 is 37.3. The summed E-state index contributed by atoms with van der Waals surface area (Å²) in [6.07, 6.45) is 0. The zero-order chi connectivity index (χ0) is 15.9. The maximum atomic E-state index is 12.2. The number of methoxy groups -OCH3 is 2. The molecule has 0 saturated carbocycles. The van der Waals surface area contributed by atoms with E-state index in [1.54, 1.807) is 6.07 Å². The number of hydrogen-bond acceptors (Lipinski definition) is 5. The van der Waals surface area contributed by atoms with Gasteiger partial charge in [-0.15, -0.1) is 0 Å². The lowest BCUT2D eigenvalue weighted by atomic mass is 10.3. The summed E-state index contributed by atoms with van der Waals surface area (Å²) in [5.41, 5.74) is 0. The number of likely N-dealkylation sites (N-methyl/N-ethyl adjacent to an activating group) is 1. The van der Waals surface area contributed by atoms with Crippen LogP contribution in [0.5, 0.6) is 11.5 Å². The molecule has 0 aliphatic rings. The third-order valence-corrected chi connectivity index (χ3v) is 4.74. The van der Waals surface area contributed by atoms with Gasteiger partial charge < -0.3 is 14.4 Å². The molecule has 0 spiro atoms. The van der Waals surface area contributed by atoms with E-state index in [-0.39, 0.29) is 4.90 Å². The van der Waals surface area contributed by atoms with Gasteiger partial charge in [-0.3, -0.25) is 0 Å². The molecule has 0 aliphatic heterocycles. The lowest BCUT2D eigenvalue weighted by Crippen LogP contribution is -2.34. The molecule has 1 N–H and O–H groups in total. The van der Waals surface area contributed by atoms with E-state index >= 15 is 0 Å². The Morgan fingerprint density at radius 2 is 1.71 bits per heavy atom. The minimum atomic E-state index is -3.54. The second-order valence-corrected chi connectivity index (χ2v) is 6.21.